The minimum Gasteiger partial charge on any atom is -0.545 e. The van der Waals surface area contributed by atoms with E-state index < -0.39 is 5.97 Å². The standard InChI is InChI=1S/C11H14O3/c1-8(2)7-14-10-5-3-4-9(6-10)11(12)13/h3-6,8H,7H2,1-2H3,(H,12,13)/p-1. The van der Waals surface area contributed by atoms with Gasteiger partial charge in [0.1, 0.15) is 5.75 Å². The lowest BCUT2D eigenvalue weighted by atomic mass is 10.2. The molecule has 0 aliphatic carbocycles. The average Bonchev–Trinajstić information content (AvgIpc) is 2.15. The first-order chi connectivity index (χ1) is 6.59. The Labute approximate surface area is 83.3 Å². The summed E-state index contributed by atoms with van der Waals surface area (Å²) >= 11 is 0. The zero-order valence-electron chi connectivity index (χ0n) is 8.32. The first kappa shape index (κ1) is 10.6. The molecule has 0 N–H and O–H groups in total. The minimum atomic E-state index is -1.18. The van der Waals surface area contributed by atoms with Gasteiger partial charge in [-0.3, -0.25) is 0 Å². The summed E-state index contributed by atoms with van der Waals surface area (Å²) in [5.41, 5.74) is 0.145. The molecule has 1 aromatic rings. The number of rotatable bonds is 4. The van der Waals surface area contributed by atoms with Gasteiger partial charge in [-0.2, -0.15) is 0 Å². The lowest BCUT2D eigenvalue weighted by Gasteiger charge is -2.10. The summed E-state index contributed by atoms with van der Waals surface area (Å²) in [5.74, 6) is -0.193. The van der Waals surface area contributed by atoms with E-state index in [2.05, 4.69) is 0 Å². The number of hydrogen-bond donors (Lipinski definition) is 0. The minimum absolute atomic E-state index is 0.145. The van der Waals surface area contributed by atoms with E-state index >= 15 is 0 Å². The van der Waals surface area contributed by atoms with Gasteiger partial charge in [0.15, 0.2) is 0 Å². The second kappa shape index (κ2) is 4.65. The molecule has 76 valence electrons. The Balaban J connectivity index is 2.69. The van der Waals surface area contributed by atoms with E-state index in [1.165, 1.54) is 12.1 Å². The Morgan fingerprint density at radius 2 is 2.21 bits per heavy atom. The normalized spacial score (nSPS) is 10.2. The Kier molecular flexibility index (Phi) is 3.51. The number of hydrogen-bond acceptors (Lipinski definition) is 3. The molecule has 0 spiro atoms. The van der Waals surface area contributed by atoms with Gasteiger partial charge in [0.2, 0.25) is 0 Å². The number of carboxylic acids is 1. The third kappa shape index (κ3) is 3.09. The van der Waals surface area contributed by atoms with E-state index in [1.807, 2.05) is 13.8 Å². The molecule has 1 aromatic carbocycles. The molecule has 0 unspecified atom stereocenters. The van der Waals surface area contributed by atoms with Crippen molar-refractivity contribution in [2.75, 3.05) is 6.61 Å². The highest BCUT2D eigenvalue weighted by Gasteiger charge is 1.99. The third-order valence-corrected chi connectivity index (χ3v) is 1.65. The van der Waals surface area contributed by atoms with Crippen LogP contribution in [-0.2, 0) is 0 Å². The van der Waals surface area contributed by atoms with Gasteiger partial charge in [0.05, 0.1) is 12.6 Å². The summed E-state index contributed by atoms with van der Waals surface area (Å²) in [6.45, 7) is 4.64. The molecule has 0 saturated heterocycles. The molecular weight excluding hydrogens is 180 g/mol. The first-order valence-electron chi connectivity index (χ1n) is 4.54. The smallest absolute Gasteiger partial charge is 0.119 e. The summed E-state index contributed by atoms with van der Waals surface area (Å²) in [4.78, 5) is 10.5. The van der Waals surface area contributed by atoms with Gasteiger partial charge in [0, 0.05) is 5.56 Å². The van der Waals surface area contributed by atoms with Gasteiger partial charge in [-0.15, -0.1) is 0 Å². The van der Waals surface area contributed by atoms with Crippen LogP contribution in [0.3, 0.4) is 0 Å². The van der Waals surface area contributed by atoms with Crippen molar-refractivity contribution in [1.29, 1.82) is 0 Å². The zero-order valence-corrected chi connectivity index (χ0v) is 8.32. The maximum Gasteiger partial charge on any atom is 0.119 e. The summed E-state index contributed by atoms with van der Waals surface area (Å²) in [7, 11) is 0. The van der Waals surface area contributed by atoms with E-state index in [-0.39, 0.29) is 5.56 Å². The van der Waals surface area contributed by atoms with E-state index in [0.717, 1.165) is 0 Å². The van der Waals surface area contributed by atoms with Crippen LogP contribution in [0.15, 0.2) is 24.3 Å². The zero-order chi connectivity index (χ0) is 10.6. The Morgan fingerprint density at radius 1 is 1.50 bits per heavy atom. The van der Waals surface area contributed by atoms with Crippen LogP contribution in [0, 0.1) is 5.92 Å². The van der Waals surface area contributed by atoms with Crippen molar-refractivity contribution >= 4 is 5.97 Å². The molecule has 0 radical (unpaired) electrons. The Bertz CT molecular complexity index is 318. The van der Waals surface area contributed by atoms with Crippen molar-refractivity contribution in [3.8, 4) is 5.75 Å². The van der Waals surface area contributed by atoms with Crippen LogP contribution in [0.1, 0.15) is 24.2 Å². The molecule has 3 heteroatoms. The molecule has 14 heavy (non-hydrogen) atoms. The maximum atomic E-state index is 10.5. The topological polar surface area (TPSA) is 49.4 Å². The van der Waals surface area contributed by atoms with Crippen LogP contribution in [0.25, 0.3) is 0 Å². The van der Waals surface area contributed by atoms with Crippen molar-refractivity contribution in [3.05, 3.63) is 29.8 Å². The molecule has 1 rings (SSSR count). The summed E-state index contributed by atoms with van der Waals surface area (Å²) in [6, 6.07) is 6.32. The largest absolute Gasteiger partial charge is 0.545 e. The molecular formula is C11H13O3-. The van der Waals surface area contributed by atoms with Crippen molar-refractivity contribution < 1.29 is 14.6 Å². The van der Waals surface area contributed by atoms with E-state index in [9.17, 15) is 9.90 Å². The number of aromatic carboxylic acids is 1. The lowest BCUT2D eigenvalue weighted by Crippen LogP contribution is -2.22. The number of benzene rings is 1. The Morgan fingerprint density at radius 3 is 2.79 bits per heavy atom. The predicted octanol–water partition coefficient (Wildman–Crippen LogP) is 1.08. The fourth-order valence-corrected chi connectivity index (χ4v) is 0.976. The second-order valence-electron chi connectivity index (χ2n) is 3.52. The van der Waals surface area contributed by atoms with Gasteiger partial charge in [0.25, 0.3) is 0 Å². The highest BCUT2D eigenvalue weighted by molar-refractivity contribution is 5.86. The van der Waals surface area contributed by atoms with Crippen molar-refractivity contribution in [1.82, 2.24) is 0 Å². The number of ether oxygens (including phenoxy) is 1. The average molecular weight is 193 g/mol. The molecule has 0 aliphatic heterocycles. The lowest BCUT2D eigenvalue weighted by molar-refractivity contribution is -0.255. The molecule has 3 nitrogen and oxygen atoms in total. The van der Waals surface area contributed by atoms with Crippen LogP contribution in [-0.4, -0.2) is 12.6 Å². The van der Waals surface area contributed by atoms with Crippen molar-refractivity contribution in [2.24, 2.45) is 5.92 Å². The molecule has 0 amide bonds. The van der Waals surface area contributed by atoms with E-state index in [1.54, 1.807) is 12.1 Å². The molecule has 0 saturated carbocycles. The highest BCUT2D eigenvalue weighted by Crippen LogP contribution is 2.13. The monoisotopic (exact) mass is 193 g/mol. The predicted molar refractivity (Wildman–Crippen MR) is 51.1 cm³/mol. The van der Waals surface area contributed by atoms with Crippen LogP contribution >= 0.6 is 0 Å². The maximum absolute atomic E-state index is 10.5. The quantitative estimate of drug-likeness (QED) is 0.719. The number of carboxylic acid groups (broad SMARTS) is 1. The fraction of sp³-hybridized carbons (Fsp3) is 0.364. The van der Waals surface area contributed by atoms with Gasteiger partial charge < -0.3 is 14.6 Å². The van der Waals surface area contributed by atoms with Gasteiger partial charge in [-0.25, -0.2) is 0 Å². The van der Waals surface area contributed by atoms with Crippen LogP contribution in [0.2, 0.25) is 0 Å². The third-order valence-electron chi connectivity index (χ3n) is 1.65. The molecule has 0 bridgehead atoms. The Hall–Kier alpha value is -1.51. The fourth-order valence-electron chi connectivity index (χ4n) is 0.976. The SMILES string of the molecule is CC(C)COc1cccc(C(=O)[O-])c1. The first-order valence-corrected chi connectivity index (χ1v) is 4.54. The summed E-state index contributed by atoms with van der Waals surface area (Å²) < 4.78 is 5.37. The van der Waals surface area contributed by atoms with Gasteiger partial charge in [-0.1, -0.05) is 26.0 Å². The summed E-state index contributed by atoms with van der Waals surface area (Å²) in [6.07, 6.45) is 0. The van der Waals surface area contributed by atoms with Gasteiger partial charge in [-0.05, 0) is 18.1 Å². The molecule has 0 aromatic heterocycles. The van der Waals surface area contributed by atoms with Crippen LogP contribution in [0.5, 0.6) is 5.75 Å². The van der Waals surface area contributed by atoms with Crippen LogP contribution in [0.4, 0.5) is 0 Å². The molecule has 0 heterocycles. The van der Waals surface area contributed by atoms with Crippen LogP contribution < -0.4 is 9.84 Å². The van der Waals surface area contributed by atoms with Crippen molar-refractivity contribution in [3.63, 3.8) is 0 Å². The second-order valence-corrected chi connectivity index (χ2v) is 3.52. The van der Waals surface area contributed by atoms with E-state index in [0.29, 0.717) is 18.3 Å². The van der Waals surface area contributed by atoms with Crippen molar-refractivity contribution in [2.45, 2.75) is 13.8 Å². The summed E-state index contributed by atoms with van der Waals surface area (Å²) in [5, 5.41) is 10.5. The molecule has 0 fully saturated rings. The number of carbonyl (C=O) groups is 1. The van der Waals surface area contributed by atoms with E-state index in [4.69, 9.17) is 4.74 Å². The van der Waals surface area contributed by atoms with Gasteiger partial charge >= 0.3 is 0 Å². The number of carbonyl (C=O) groups excluding carboxylic acids is 1. The highest BCUT2D eigenvalue weighted by atomic mass is 16.5. The molecule has 0 atom stereocenters. The molecule has 0 aliphatic rings.